The lowest BCUT2D eigenvalue weighted by Crippen LogP contribution is -2.27. The number of aliphatic hydroxyl groups excluding tert-OH is 1. The van der Waals surface area contributed by atoms with Crippen molar-refractivity contribution in [2.45, 2.75) is 142 Å². The fraction of sp³-hybridized carbons (Fsp3) is 0.812. The molecular weight excluding hydrogens is 557 g/mol. The number of rotatable bonds is 30. The zero-order valence-electron chi connectivity index (χ0n) is 26.4. The van der Waals surface area contributed by atoms with Gasteiger partial charge in [-0.25, -0.2) is 4.57 Å². The first-order chi connectivity index (χ1) is 20.3. The zero-order chi connectivity index (χ0) is 31.2. The Balaban J connectivity index is 3.68. The predicted octanol–water partition coefficient (Wildman–Crippen LogP) is 7.70. The van der Waals surface area contributed by atoms with E-state index in [1.807, 2.05) is 0 Å². The Labute approximate surface area is 255 Å². The summed E-state index contributed by atoms with van der Waals surface area (Å²) in [7, 11) is -4.40. The Morgan fingerprint density at radius 2 is 1.31 bits per heavy atom. The number of nitrogens with one attached hydrogen (secondary N) is 1. The largest absolute Gasteiger partial charge is 0.472 e. The van der Waals surface area contributed by atoms with Crippen LogP contribution in [0.1, 0.15) is 136 Å². The van der Waals surface area contributed by atoms with E-state index in [1.54, 1.807) is 0 Å². The van der Waals surface area contributed by atoms with Gasteiger partial charge in [-0.3, -0.25) is 18.6 Å². The van der Waals surface area contributed by atoms with Crippen molar-refractivity contribution in [3.05, 3.63) is 24.3 Å². The maximum Gasteiger partial charge on any atom is 0.472 e. The Hall–Kier alpha value is -1.51. The van der Waals surface area contributed by atoms with Gasteiger partial charge in [0.1, 0.15) is 12.7 Å². The molecule has 10 heteroatoms. The molecule has 1 amide bonds. The van der Waals surface area contributed by atoms with E-state index in [9.17, 15) is 24.2 Å². The molecule has 0 saturated carbocycles. The van der Waals surface area contributed by atoms with Gasteiger partial charge in [0.2, 0.25) is 5.91 Å². The number of unbranched alkanes of at least 4 members (excludes halogenated alkanes) is 13. The molecule has 42 heavy (non-hydrogen) atoms. The summed E-state index contributed by atoms with van der Waals surface area (Å²) in [6.45, 7) is 3.42. The van der Waals surface area contributed by atoms with Gasteiger partial charge in [0.15, 0.2) is 0 Å². The maximum atomic E-state index is 12.0. The summed E-state index contributed by atoms with van der Waals surface area (Å²) < 4.78 is 26.6. The minimum Gasteiger partial charge on any atom is -0.463 e. The van der Waals surface area contributed by atoms with Crippen LogP contribution in [0.15, 0.2) is 24.3 Å². The summed E-state index contributed by atoms with van der Waals surface area (Å²) in [5.74, 6) is -0.540. The maximum absolute atomic E-state index is 12.0. The average molecular weight is 618 g/mol. The number of hydrogen-bond acceptors (Lipinski definition) is 7. The van der Waals surface area contributed by atoms with Crippen LogP contribution in [0.4, 0.5) is 0 Å². The SMILES string of the molecule is CCCC/C=C\C/C=C\CCCCCCCC(=O)OCC(O)COP(=O)(O)OCCNC(=O)CCCCCCCCC. The molecule has 0 aliphatic carbocycles. The highest BCUT2D eigenvalue weighted by atomic mass is 31.2. The number of allylic oxidation sites excluding steroid dienone is 4. The fourth-order valence-electron chi connectivity index (χ4n) is 4.10. The number of ether oxygens (including phenoxy) is 1. The first-order valence-corrected chi connectivity index (χ1v) is 17.8. The van der Waals surface area contributed by atoms with E-state index in [4.69, 9.17) is 13.8 Å². The smallest absolute Gasteiger partial charge is 0.463 e. The van der Waals surface area contributed by atoms with Gasteiger partial charge in [-0.2, -0.15) is 0 Å². The Morgan fingerprint density at radius 1 is 0.738 bits per heavy atom. The molecular formula is C32H60NO8P. The van der Waals surface area contributed by atoms with Gasteiger partial charge < -0.3 is 20.1 Å². The normalized spacial score (nSPS) is 13.9. The van der Waals surface area contributed by atoms with E-state index < -0.39 is 26.5 Å². The molecule has 0 saturated heterocycles. The lowest BCUT2D eigenvalue weighted by atomic mass is 10.1. The number of phosphoric acid groups is 1. The Kier molecular flexibility index (Phi) is 28.5. The molecule has 0 heterocycles. The van der Waals surface area contributed by atoms with Crippen LogP contribution in [0.3, 0.4) is 0 Å². The molecule has 0 spiro atoms. The second-order valence-electron chi connectivity index (χ2n) is 10.8. The second kappa shape index (κ2) is 29.6. The molecule has 0 rings (SSSR count). The number of carbonyl (C=O) groups excluding carboxylic acids is 2. The number of esters is 1. The molecule has 0 aromatic rings. The van der Waals surface area contributed by atoms with Gasteiger partial charge in [-0.1, -0.05) is 109 Å². The van der Waals surface area contributed by atoms with Crippen molar-refractivity contribution in [1.29, 1.82) is 0 Å². The summed E-state index contributed by atoms with van der Waals surface area (Å²) in [4.78, 5) is 33.4. The van der Waals surface area contributed by atoms with E-state index in [1.165, 1.54) is 44.9 Å². The summed E-state index contributed by atoms with van der Waals surface area (Å²) >= 11 is 0. The molecule has 246 valence electrons. The fourth-order valence-corrected chi connectivity index (χ4v) is 4.86. The predicted molar refractivity (Wildman–Crippen MR) is 169 cm³/mol. The van der Waals surface area contributed by atoms with Crippen LogP contribution in [-0.4, -0.2) is 54.3 Å². The molecule has 9 nitrogen and oxygen atoms in total. The summed E-state index contributed by atoms with van der Waals surface area (Å²) in [6.07, 6.45) is 26.9. The third-order valence-electron chi connectivity index (χ3n) is 6.63. The third-order valence-corrected chi connectivity index (χ3v) is 7.62. The van der Waals surface area contributed by atoms with Crippen LogP contribution in [0.25, 0.3) is 0 Å². The number of hydrogen-bond donors (Lipinski definition) is 3. The highest BCUT2D eigenvalue weighted by Gasteiger charge is 2.23. The van der Waals surface area contributed by atoms with Gasteiger partial charge >= 0.3 is 13.8 Å². The molecule has 2 unspecified atom stereocenters. The van der Waals surface area contributed by atoms with Gasteiger partial charge in [0, 0.05) is 19.4 Å². The van der Waals surface area contributed by atoms with Crippen LogP contribution in [0.2, 0.25) is 0 Å². The van der Waals surface area contributed by atoms with Gasteiger partial charge in [0.05, 0.1) is 13.2 Å². The van der Waals surface area contributed by atoms with Crippen molar-refractivity contribution in [3.63, 3.8) is 0 Å². The third kappa shape index (κ3) is 30.0. The topological polar surface area (TPSA) is 131 Å². The van der Waals surface area contributed by atoms with Crippen LogP contribution in [-0.2, 0) is 27.9 Å². The van der Waals surface area contributed by atoms with Crippen molar-refractivity contribution in [2.75, 3.05) is 26.4 Å². The summed E-state index contributed by atoms with van der Waals surface area (Å²) in [5.41, 5.74) is 0. The van der Waals surface area contributed by atoms with E-state index in [0.29, 0.717) is 6.42 Å². The van der Waals surface area contributed by atoms with E-state index in [0.717, 1.165) is 64.2 Å². The number of phosphoric ester groups is 1. The molecule has 0 fully saturated rings. The number of amides is 1. The molecule has 0 aromatic heterocycles. The van der Waals surface area contributed by atoms with Crippen LogP contribution in [0, 0.1) is 0 Å². The molecule has 0 bridgehead atoms. The second-order valence-corrected chi connectivity index (χ2v) is 12.2. The highest BCUT2D eigenvalue weighted by molar-refractivity contribution is 7.47. The van der Waals surface area contributed by atoms with Crippen molar-refractivity contribution in [1.82, 2.24) is 5.32 Å². The summed E-state index contributed by atoms with van der Waals surface area (Å²) in [5, 5.41) is 12.6. The quantitative estimate of drug-likeness (QED) is 0.0323. The highest BCUT2D eigenvalue weighted by Crippen LogP contribution is 2.42. The van der Waals surface area contributed by atoms with E-state index in [2.05, 4.69) is 43.5 Å². The van der Waals surface area contributed by atoms with Gasteiger partial charge in [-0.15, -0.1) is 0 Å². The molecule has 0 radical (unpaired) electrons. The molecule has 0 aliphatic heterocycles. The first kappa shape index (κ1) is 40.5. The lowest BCUT2D eigenvalue weighted by Gasteiger charge is -2.15. The van der Waals surface area contributed by atoms with Crippen molar-refractivity contribution in [2.24, 2.45) is 0 Å². The first-order valence-electron chi connectivity index (χ1n) is 16.3. The zero-order valence-corrected chi connectivity index (χ0v) is 27.3. The van der Waals surface area contributed by atoms with Crippen LogP contribution < -0.4 is 5.32 Å². The molecule has 3 N–H and O–H groups in total. The summed E-state index contributed by atoms with van der Waals surface area (Å²) in [6, 6.07) is 0. The Morgan fingerprint density at radius 3 is 1.98 bits per heavy atom. The average Bonchev–Trinajstić information content (AvgIpc) is 2.97. The monoisotopic (exact) mass is 617 g/mol. The van der Waals surface area contributed by atoms with Crippen LogP contribution in [0.5, 0.6) is 0 Å². The van der Waals surface area contributed by atoms with E-state index >= 15 is 0 Å². The van der Waals surface area contributed by atoms with Gasteiger partial charge in [-0.05, 0) is 38.5 Å². The minimum atomic E-state index is -4.40. The van der Waals surface area contributed by atoms with Crippen molar-refractivity contribution < 1.29 is 37.9 Å². The van der Waals surface area contributed by atoms with Crippen molar-refractivity contribution >= 4 is 19.7 Å². The van der Waals surface area contributed by atoms with Crippen molar-refractivity contribution in [3.8, 4) is 0 Å². The van der Waals surface area contributed by atoms with Gasteiger partial charge in [0.25, 0.3) is 0 Å². The number of carbonyl (C=O) groups is 2. The molecule has 2 atom stereocenters. The molecule has 0 aromatic carbocycles. The van der Waals surface area contributed by atoms with E-state index in [-0.39, 0.29) is 32.1 Å². The van der Waals surface area contributed by atoms with Crippen LogP contribution >= 0.6 is 7.82 Å². The lowest BCUT2D eigenvalue weighted by molar-refractivity contribution is -0.147. The Bertz CT molecular complexity index is 759. The minimum absolute atomic E-state index is 0.0809. The molecule has 0 aliphatic rings. The number of aliphatic hydroxyl groups is 1. The standard InChI is InChI=1S/C32H60NO8P/c1-3-5-7-9-11-12-13-14-15-16-17-19-21-23-25-32(36)39-28-30(34)29-41-42(37,38)40-27-26-33-31(35)24-22-20-18-10-8-6-4-2/h9,11,13-14,30,34H,3-8,10,12,15-29H2,1-2H3,(H,33,35)(H,37,38)/b11-9-,14-13-.